The number of nitrogens with zero attached hydrogens (tertiary/aromatic N) is 2. The SMILES string of the molecule is CC(C)n1ccc(CC(O)c2ccc(F)c(Br)c2)n1. The van der Waals surface area contributed by atoms with Crippen LogP contribution < -0.4 is 0 Å². The topological polar surface area (TPSA) is 38.0 Å². The number of rotatable bonds is 4. The first-order valence-electron chi connectivity index (χ1n) is 6.14. The molecule has 0 spiro atoms. The molecule has 3 nitrogen and oxygen atoms in total. The van der Waals surface area contributed by atoms with Gasteiger partial charge in [0.15, 0.2) is 0 Å². The van der Waals surface area contributed by atoms with Crippen LogP contribution in [0.5, 0.6) is 0 Å². The van der Waals surface area contributed by atoms with Crippen molar-refractivity contribution < 1.29 is 9.50 Å². The van der Waals surface area contributed by atoms with E-state index in [2.05, 4.69) is 21.0 Å². The van der Waals surface area contributed by atoms with Gasteiger partial charge in [0.25, 0.3) is 0 Å². The number of aliphatic hydroxyl groups excluding tert-OH is 1. The van der Waals surface area contributed by atoms with Crippen molar-refractivity contribution in [2.24, 2.45) is 0 Å². The van der Waals surface area contributed by atoms with Gasteiger partial charge in [-0.15, -0.1) is 0 Å². The number of aromatic nitrogens is 2. The van der Waals surface area contributed by atoms with Gasteiger partial charge in [-0.05, 0) is 53.5 Å². The second kappa shape index (κ2) is 5.84. The van der Waals surface area contributed by atoms with Crippen LogP contribution in [0.3, 0.4) is 0 Å². The molecule has 2 rings (SSSR count). The van der Waals surface area contributed by atoms with Crippen molar-refractivity contribution in [3.8, 4) is 0 Å². The van der Waals surface area contributed by atoms with Crippen molar-refractivity contribution in [1.82, 2.24) is 9.78 Å². The van der Waals surface area contributed by atoms with E-state index in [1.165, 1.54) is 6.07 Å². The zero-order chi connectivity index (χ0) is 14.0. The van der Waals surface area contributed by atoms with E-state index in [-0.39, 0.29) is 5.82 Å². The van der Waals surface area contributed by atoms with Gasteiger partial charge in [-0.3, -0.25) is 4.68 Å². The van der Waals surface area contributed by atoms with Gasteiger partial charge in [0, 0.05) is 18.7 Å². The normalized spacial score (nSPS) is 12.9. The lowest BCUT2D eigenvalue weighted by molar-refractivity contribution is 0.176. The Morgan fingerprint density at radius 2 is 2.11 bits per heavy atom. The second-order valence-corrected chi connectivity index (χ2v) is 5.63. The largest absolute Gasteiger partial charge is 0.388 e. The van der Waals surface area contributed by atoms with Crippen molar-refractivity contribution in [3.63, 3.8) is 0 Å². The summed E-state index contributed by atoms with van der Waals surface area (Å²) in [6.07, 6.45) is 1.62. The summed E-state index contributed by atoms with van der Waals surface area (Å²) in [7, 11) is 0. The Bertz CT molecular complexity index is 568. The highest BCUT2D eigenvalue weighted by molar-refractivity contribution is 9.10. The zero-order valence-corrected chi connectivity index (χ0v) is 12.4. The third kappa shape index (κ3) is 3.42. The van der Waals surface area contributed by atoms with Crippen molar-refractivity contribution in [3.05, 3.63) is 52.0 Å². The Labute approximate surface area is 120 Å². The second-order valence-electron chi connectivity index (χ2n) is 4.77. The third-order valence-corrected chi connectivity index (χ3v) is 3.53. The van der Waals surface area contributed by atoms with E-state index in [1.807, 2.05) is 30.8 Å². The minimum Gasteiger partial charge on any atom is -0.388 e. The molecule has 0 aliphatic rings. The molecule has 0 saturated heterocycles. The fourth-order valence-electron chi connectivity index (χ4n) is 1.81. The minimum atomic E-state index is -0.688. The molecule has 0 amide bonds. The predicted molar refractivity (Wildman–Crippen MR) is 75.4 cm³/mol. The molecule has 5 heteroatoms. The number of hydrogen-bond donors (Lipinski definition) is 1. The summed E-state index contributed by atoms with van der Waals surface area (Å²) < 4.78 is 15.3. The van der Waals surface area contributed by atoms with E-state index in [1.54, 1.807) is 12.1 Å². The lowest BCUT2D eigenvalue weighted by Gasteiger charge is -2.10. The number of aliphatic hydroxyl groups is 1. The van der Waals surface area contributed by atoms with Crippen molar-refractivity contribution >= 4 is 15.9 Å². The number of benzene rings is 1. The first-order chi connectivity index (χ1) is 8.97. The van der Waals surface area contributed by atoms with Gasteiger partial charge in [0.1, 0.15) is 5.82 Å². The average molecular weight is 327 g/mol. The maximum atomic E-state index is 13.1. The van der Waals surface area contributed by atoms with Crippen LogP contribution in [0.15, 0.2) is 34.9 Å². The van der Waals surface area contributed by atoms with Crippen LogP contribution in [0, 0.1) is 5.82 Å². The van der Waals surface area contributed by atoms with E-state index in [0.29, 0.717) is 22.5 Å². The van der Waals surface area contributed by atoms with Gasteiger partial charge in [0.05, 0.1) is 16.3 Å². The molecule has 0 aliphatic carbocycles. The molecule has 0 bridgehead atoms. The Balaban J connectivity index is 2.11. The van der Waals surface area contributed by atoms with E-state index in [0.717, 1.165) is 5.69 Å². The summed E-state index contributed by atoms with van der Waals surface area (Å²) in [6, 6.07) is 6.71. The Morgan fingerprint density at radius 1 is 1.37 bits per heavy atom. The molecule has 1 aromatic carbocycles. The van der Waals surface area contributed by atoms with Crippen LogP contribution >= 0.6 is 15.9 Å². The molecule has 1 unspecified atom stereocenters. The van der Waals surface area contributed by atoms with Crippen LogP contribution in [-0.2, 0) is 6.42 Å². The smallest absolute Gasteiger partial charge is 0.137 e. The van der Waals surface area contributed by atoms with Gasteiger partial charge in [-0.2, -0.15) is 5.10 Å². The average Bonchev–Trinajstić information content (AvgIpc) is 2.81. The lowest BCUT2D eigenvalue weighted by atomic mass is 10.1. The Kier molecular flexibility index (Phi) is 4.37. The van der Waals surface area contributed by atoms with Crippen molar-refractivity contribution in [1.29, 1.82) is 0 Å². The quantitative estimate of drug-likeness (QED) is 0.931. The predicted octanol–water partition coefficient (Wildman–Crippen LogP) is 3.64. The first kappa shape index (κ1) is 14.2. The molecule has 1 atom stereocenters. The molecule has 0 aliphatic heterocycles. The van der Waals surface area contributed by atoms with Gasteiger partial charge in [0.2, 0.25) is 0 Å². The van der Waals surface area contributed by atoms with Crippen molar-refractivity contribution in [2.45, 2.75) is 32.4 Å². The fourth-order valence-corrected chi connectivity index (χ4v) is 2.21. The van der Waals surface area contributed by atoms with Crippen LogP contribution in [0.1, 0.15) is 37.3 Å². The monoisotopic (exact) mass is 326 g/mol. The summed E-state index contributed by atoms with van der Waals surface area (Å²) in [4.78, 5) is 0. The van der Waals surface area contributed by atoms with Gasteiger partial charge in [-0.1, -0.05) is 6.07 Å². The molecule has 0 saturated carbocycles. The fraction of sp³-hybridized carbons (Fsp3) is 0.357. The Hall–Kier alpha value is -1.20. The Morgan fingerprint density at radius 3 is 2.68 bits per heavy atom. The van der Waals surface area contributed by atoms with Crippen LogP contribution in [-0.4, -0.2) is 14.9 Å². The van der Waals surface area contributed by atoms with E-state index in [4.69, 9.17) is 0 Å². The summed E-state index contributed by atoms with van der Waals surface area (Å²) in [5.74, 6) is -0.333. The third-order valence-electron chi connectivity index (χ3n) is 2.92. The number of halogens is 2. The molecule has 2 aromatic rings. The highest BCUT2D eigenvalue weighted by atomic mass is 79.9. The molecular formula is C14H16BrFN2O. The van der Waals surface area contributed by atoms with Gasteiger partial charge < -0.3 is 5.11 Å². The first-order valence-corrected chi connectivity index (χ1v) is 6.93. The molecule has 19 heavy (non-hydrogen) atoms. The highest BCUT2D eigenvalue weighted by Gasteiger charge is 2.13. The van der Waals surface area contributed by atoms with E-state index < -0.39 is 6.10 Å². The summed E-state index contributed by atoms with van der Waals surface area (Å²) in [6.45, 7) is 4.09. The molecule has 1 aromatic heterocycles. The van der Waals surface area contributed by atoms with Gasteiger partial charge in [-0.25, -0.2) is 4.39 Å². The molecular weight excluding hydrogens is 311 g/mol. The molecule has 0 fully saturated rings. The standard InChI is InChI=1S/C14H16BrFN2O/c1-9(2)18-6-5-11(17-18)8-14(19)10-3-4-13(16)12(15)7-10/h3-7,9,14,19H,8H2,1-2H3. The lowest BCUT2D eigenvalue weighted by Crippen LogP contribution is -2.05. The highest BCUT2D eigenvalue weighted by Crippen LogP contribution is 2.23. The molecule has 0 radical (unpaired) electrons. The summed E-state index contributed by atoms with van der Waals surface area (Å²) >= 11 is 3.12. The molecule has 1 N–H and O–H groups in total. The van der Waals surface area contributed by atoms with Crippen LogP contribution in [0.2, 0.25) is 0 Å². The maximum absolute atomic E-state index is 13.1. The van der Waals surface area contributed by atoms with E-state index in [9.17, 15) is 9.50 Å². The maximum Gasteiger partial charge on any atom is 0.137 e. The zero-order valence-electron chi connectivity index (χ0n) is 10.8. The summed E-state index contributed by atoms with van der Waals surface area (Å²) in [5.41, 5.74) is 1.49. The minimum absolute atomic E-state index is 0.297. The summed E-state index contributed by atoms with van der Waals surface area (Å²) in [5, 5.41) is 14.5. The van der Waals surface area contributed by atoms with Crippen molar-refractivity contribution in [2.75, 3.05) is 0 Å². The van der Waals surface area contributed by atoms with E-state index >= 15 is 0 Å². The number of hydrogen-bond acceptors (Lipinski definition) is 2. The van der Waals surface area contributed by atoms with Crippen LogP contribution in [0.4, 0.5) is 4.39 Å². The molecule has 1 heterocycles. The van der Waals surface area contributed by atoms with Gasteiger partial charge >= 0.3 is 0 Å². The van der Waals surface area contributed by atoms with Crippen LogP contribution in [0.25, 0.3) is 0 Å². The molecule has 102 valence electrons.